The second-order valence-corrected chi connectivity index (χ2v) is 7.54. The molecule has 4 heteroatoms. The molecule has 0 atom stereocenters. The van der Waals surface area contributed by atoms with Gasteiger partial charge >= 0.3 is 0 Å². The molecule has 4 rings (SSSR count). The predicted molar refractivity (Wildman–Crippen MR) is 107 cm³/mol. The fourth-order valence-corrected chi connectivity index (χ4v) is 4.07. The lowest BCUT2D eigenvalue weighted by Gasteiger charge is -2.29. The molecule has 3 aromatic rings. The molecule has 1 aliphatic rings. The molecule has 132 valence electrons. The molecule has 3 nitrogen and oxygen atoms in total. The van der Waals surface area contributed by atoms with Crippen molar-refractivity contribution in [3.05, 3.63) is 75.8 Å². The van der Waals surface area contributed by atoms with E-state index in [1.807, 2.05) is 29.2 Å². The molecule has 0 spiro atoms. The maximum absolute atomic E-state index is 13.0. The second-order valence-electron chi connectivity index (χ2n) is 6.62. The van der Waals surface area contributed by atoms with Crippen molar-refractivity contribution in [1.29, 1.82) is 0 Å². The first-order valence-electron chi connectivity index (χ1n) is 8.75. The van der Waals surface area contributed by atoms with Crippen LogP contribution in [0.2, 0.25) is 0 Å². The normalized spacial score (nSPS) is 13.5. The van der Waals surface area contributed by atoms with E-state index in [0.29, 0.717) is 13.0 Å². The Bertz CT molecular complexity index is 983. The summed E-state index contributed by atoms with van der Waals surface area (Å²) in [4.78, 5) is 15.0. The Hall–Kier alpha value is -2.33. The van der Waals surface area contributed by atoms with Crippen LogP contribution in [-0.4, -0.2) is 24.5 Å². The number of fused-ring (bicyclic) bond motifs is 2. The summed E-state index contributed by atoms with van der Waals surface area (Å²) < 4.78 is 6.57. The summed E-state index contributed by atoms with van der Waals surface area (Å²) in [6, 6.07) is 18.5. The first-order chi connectivity index (χ1) is 12.7. The number of hydrogen-bond acceptors (Lipinski definition) is 2. The lowest BCUT2D eigenvalue weighted by molar-refractivity contribution is -0.131. The zero-order chi connectivity index (χ0) is 18.1. The van der Waals surface area contributed by atoms with E-state index in [-0.39, 0.29) is 5.91 Å². The van der Waals surface area contributed by atoms with Gasteiger partial charge in [0.2, 0.25) is 5.91 Å². The fraction of sp³-hybridized carbons (Fsp3) is 0.227. The highest BCUT2D eigenvalue weighted by atomic mass is 79.9. The SMILES string of the molecule is COc1ccc2cc(Br)ccc2c1CC(=O)N1CCc2ccccc2C1. The molecule has 0 radical (unpaired) electrons. The van der Waals surface area contributed by atoms with Crippen molar-refractivity contribution in [3.8, 4) is 5.75 Å². The van der Waals surface area contributed by atoms with Gasteiger partial charge in [0, 0.05) is 23.1 Å². The number of carbonyl (C=O) groups is 1. The molecule has 0 aromatic heterocycles. The Morgan fingerprint density at radius 2 is 1.92 bits per heavy atom. The monoisotopic (exact) mass is 409 g/mol. The van der Waals surface area contributed by atoms with E-state index in [1.54, 1.807) is 7.11 Å². The van der Waals surface area contributed by atoms with Crippen molar-refractivity contribution in [3.63, 3.8) is 0 Å². The van der Waals surface area contributed by atoms with Gasteiger partial charge in [0.05, 0.1) is 13.5 Å². The van der Waals surface area contributed by atoms with E-state index in [1.165, 1.54) is 11.1 Å². The quantitative estimate of drug-likeness (QED) is 0.625. The molecule has 0 unspecified atom stereocenters. The van der Waals surface area contributed by atoms with Gasteiger partial charge in [0.25, 0.3) is 0 Å². The molecule has 0 fully saturated rings. The van der Waals surface area contributed by atoms with E-state index < -0.39 is 0 Å². The molecule has 1 aliphatic heterocycles. The number of rotatable bonds is 3. The van der Waals surface area contributed by atoms with Gasteiger partial charge in [0.15, 0.2) is 0 Å². The maximum Gasteiger partial charge on any atom is 0.227 e. The molecular formula is C22H20BrNO2. The molecule has 0 aliphatic carbocycles. The summed E-state index contributed by atoms with van der Waals surface area (Å²) in [6.45, 7) is 1.46. The Morgan fingerprint density at radius 3 is 2.73 bits per heavy atom. The number of carbonyl (C=O) groups excluding carboxylic acids is 1. The number of methoxy groups -OCH3 is 1. The third-order valence-electron chi connectivity index (χ3n) is 5.08. The number of amides is 1. The van der Waals surface area contributed by atoms with Gasteiger partial charge < -0.3 is 9.64 Å². The van der Waals surface area contributed by atoms with E-state index >= 15 is 0 Å². The van der Waals surface area contributed by atoms with Crippen molar-refractivity contribution in [2.45, 2.75) is 19.4 Å². The van der Waals surface area contributed by atoms with E-state index in [9.17, 15) is 4.79 Å². The largest absolute Gasteiger partial charge is 0.496 e. The number of hydrogen-bond donors (Lipinski definition) is 0. The summed E-state index contributed by atoms with van der Waals surface area (Å²) >= 11 is 3.51. The lowest BCUT2D eigenvalue weighted by atomic mass is 9.97. The highest BCUT2D eigenvalue weighted by molar-refractivity contribution is 9.10. The van der Waals surface area contributed by atoms with Crippen LogP contribution in [0, 0.1) is 0 Å². The number of benzene rings is 3. The fourth-order valence-electron chi connectivity index (χ4n) is 3.69. The van der Waals surface area contributed by atoms with Crippen LogP contribution in [0.1, 0.15) is 16.7 Å². The van der Waals surface area contributed by atoms with E-state index in [0.717, 1.165) is 39.5 Å². The minimum atomic E-state index is 0.147. The first kappa shape index (κ1) is 17.1. The van der Waals surface area contributed by atoms with Crippen molar-refractivity contribution >= 4 is 32.6 Å². The van der Waals surface area contributed by atoms with Crippen LogP contribution in [-0.2, 0) is 24.2 Å². The van der Waals surface area contributed by atoms with E-state index in [4.69, 9.17) is 4.74 Å². The molecule has 0 N–H and O–H groups in total. The average molecular weight is 410 g/mol. The van der Waals surface area contributed by atoms with Crippen LogP contribution in [0.15, 0.2) is 59.1 Å². The first-order valence-corrected chi connectivity index (χ1v) is 9.54. The highest BCUT2D eigenvalue weighted by Gasteiger charge is 2.22. The number of ether oxygens (including phenoxy) is 1. The standard InChI is InChI=1S/C22H20BrNO2/c1-26-21-9-6-16-12-18(23)7-8-19(16)20(21)13-22(25)24-11-10-15-4-2-3-5-17(15)14-24/h2-9,12H,10-11,13-14H2,1H3. The number of halogens is 1. The summed E-state index contributed by atoms with van der Waals surface area (Å²) in [5, 5.41) is 2.17. The molecular weight excluding hydrogens is 390 g/mol. The third-order valence-corrected chi connectivity index (χ3v) is 5.57. The molecule has 0 saturated heterocycles. The van der Waals surface area contributed by atoms with Crippen molar-refractivity contribution in [1.82, 2.24) is 4.90 Å². The summed E-state index contributed by atoms with van der Waals surface area (Å²) in [7, 11) is 1.66. The predicted octanol–water partition coefficient (Wildman–Crippen LogP) is 4.74. The van der Waals surface area contributed by atoms with Crippen LogP contribution in [0.25, 0.3) is 10.8 Å². The van der Waals surface area contributed by atoms with E-state index in [2.05, 4.69) is 46.3 Å². The average Bonchev–Trinajstić information content (AvgIpc) is 2.67. The smallest absolute Gasteiger partial charge is 0.227 e. The highest BCUT2D eigenvalue weighted by Crippen LogP contribution is 2.31. The summed E-state index contributed by atoms with van der Waals surface area (Å²) in [5.74, 6) is 0.916. The van der Waals surface area contributed by atoms with Crippen LogP contribution < -0.4 is 4.74 Å². The van der Waals surface area contributed by atoms with Gasteiger partial charge in [0.1, 0.15) is 5.75 Å². The lowest BCUT2D eigenvalue weighted by Crippen LogP contribution is -2.37. The molecule has 0 saturated carbocycles. The van der Waals surface area contributed by atoms with Gasteiger partial charge in [-0.3, -0.25) is 4.79 Å². The van der Waals surface area contributed by atoms with Gasteiger partial charge in [-0.25, -0.2) is 0 Å². The zero-order valence-corrected chi connectivity index (χ0v) is 16.3. The summed E-state index contributed by atoms with van der Waals surface area (Å²) in [5.41, 5.74) is 3.56. The molecule has 0 bridgehead atoms. The number of nitrogens with zero attached hydrogens (tertiary/aromatic N) is 1. The van der Waals surface area contributed by atoms with Gasteiger partial charge in [-0.05, 0) is 46.5 Å². The van der Waals surface area contributed by atoms with Gasteiger partial charge in [-0.1, -0.05) is 52.3 Å². The minimum absolute atomic E-state index is 0.147. The van der Waals surface area contributed by atoms with Gasteiger partial charge in [-0.15, -0.1) is 0 Å². The molecule has 26 heavy (non-hydrogen) atoms. The summed E-state index contributed by atoms with van der Waals surface area (Å²) in [6.07, 6.45) is 1.27. The van der Waals surface area contributed by atoms with Crippen molar-refractivity contribution < 1.29 is 9.53 Å². The Balaban J connectivity index is 1.64. The van der Waals surface area contributed by atoms with Crippen molar-refractivity contribution in [2.24, 2.45) is 0 Å². The molecule has 1 amide bonds. The second kappa shape index (κ2) is 7.12. The Morgan fingerprint density at radius 1 is 1.12 bits per heavy atom. The van der Waals surface area contributed by atoms with Crippen LogP contribution in [0.5, 0.6) is 5.75 Å². The zero-order valence-electron chi connectivity index (χ0n) is 14.7. The topological polar surface area (TPSA) is 29.5 Å². The van der Waals surface area contributed by atoms with Crippen LogP contribution in [0.3, 0.4) is 0 Å². The maximum atomic E-state index is 13.0. The van der Waals surface area contributed by atoms with Gasteiger partial charge in [-0.2, -0.15) is 0 Å². The van der Waals surface area contributed by atoms with Crippen LogP contribution >= 0.6 is 15.9 Å². The molecule has 1 heterocycles. The molecule has 3 aromatic carbocycles. The minimum Gasteiger partial charge on any atom is -0.496 e. The Labute approximate surface area is 161 Å². The van der Waals surface area contributed by atoms with Crippen molar-refractivity contribution in [2.75, 3.05) is 13.7 Å². The Kier molecular flexibility index (Phi) is 4.68. The van der Waals surface area contributed by atoms with Crippen LogP contribution in [0.4, 0.5) is 0 Å². The third kappa shape index (κ3) is 3.21.